The first kappa shape index (κ1) is 9.97. The van der Waals surface area contributed by atoms with Gasteiger partial charge in [-0.05, 0) is 36.7 Å². The molecular formula is C11H14ClNO. The van der Waals surface area contributed by atoms with Crippen LogP contribution >= 0.6 is 11.6 Å². The van der Waals surface area contributed by atoms with Crippen molar-refractivity contribution in [1.29, 1.82) is 0 Å². The molecule has 1 aromatic carbocycles. The molecule has 0 bridgehead atoms. The number of hydrogen-bond acceptors (Lipinski definition) is 2. The average Bonchev–Trinajstić information content (AvgIpc) is 2.18. The van der Waals surface area contributed by atoms with Crippen LogP contribution in [0, 0.1) is 0 Å². The fraction of sp³-hybridized carbons (Fsp3) is 0.455. The number of rotatable bonds is 2. The summed E-state index contributed by atoms with van der Waals surface area (Å²) in [6, 6.07) is 6.04. The summed E-state index contributed by atoms with van der Waals surface area (Å²) in [6.07, 6.45) is 1.15. The Morgan fingerprint density at radius 2 is 2.43 bits per heavy atom. The summed E-state index contributed by atoms with van der Waals surface area (Å²) in [5.74, 6) is 0. The molecule has 1 heterocycles. The van der Waals surface area contributed by atoms with Crippen molar-refractivity contribution in [3.8, 4) is 0 Å². The Kier molecular flexibility index (Phi) is 3.06. The van der Waals surface area contributed by atoms with Crippen LogP contribution in [0.5, 0.6) is 0 Å². The molecular weight excluding hydrogens is 198 g/mol. The summed E-state index contributed by atoms with van der Waals surface area (Å²) in [5, 5.41) is 3.95. The lowest BCUT2D eigenvalue weighted by Gasteiger charge is -2.26. The monoisotopic (exact) mass is 211 g/mol. The second-order valence-electron chi connectivity index (χ2n) is 3.51. The number of likely N-dealkylation sites (N-methyl/N-ethyl adjacent to an activating group) is 1. The molecule has 0 amide bonds. The molecule has 0 aromatic heterocycles. The van der Waals surface area contributed by atoms with Crippen LogP contribution in [0.4, 0.5) is 0 Å². The number of benzene rings is 1. The minimum absolute atomic E-state index is 0.181. The zero-order valence-electron chi connectivity index (χ0n) is 8.22. The highest BCUT2D eigenvalue weighted by Gasteiger charge is 2.19. The van der Waals surface area contributed by atoms with Gasteiger partial charge in [0.05, 0.1) is 12.7 Å². The van der Waals surface area contributed by atoms with Gasteiger partial charge in [-0.15, -0.1) is 0 Å². The van der Waals surface area contributed by atoms with E-state index in [0.29, 0.717) is 0 Å². The van der Waals surface area contributed by atoms with Crippen molar-refractivity contribution in [3.05, 3.63) is 34.3 Å². The van der Waals surface area contributed by atoms with Gasteiger partial charge in [0.15, 0.2) is 0 Å². The fourth-order valence-corrected chi connectivity index (χ4v) is 2.05. The quantitative estimate of drug-likeness (QED) is 0.810. The highest BCUT2D eigenvalue weighted by atomic mass is 35.5. The van der Waals surface area contributed by atoms with Crippen LogP contribution in [0.1, 0.15) is 17.2 Å². The molecule has 1 aromatic rings. The van der Waals surface area contributed by atoms with Gasteiger partial charge in [-0.3, -0.25) is 0 Å². The maximum absolute atomic E-state index is 5.94. The number of ether oxygens (including phenoxy) is 1. The molecule has 0 aliphatic carbocycles. The van der Waals surface area contributed by atoms with Gasteiger partial charge in [0.1, 0.15) is 0 Å². The molecule has 2 nitrogen and oxygen atoms in total. The molecule has 1 atom stereocenters. The molecule has 0 saturated heterocycles. The first-order valence-electron chi connectivity index (χ1n) is 4.86. The van der Waals surface area contributed by atoms with E-state index in [2.05, 4.69) is 11.4 Å². The third-order valence-electron chi connectivity index (χ3n) is 2.53. The van der Waals surface area contributed by atoms with Crippen LogP contribution in [0.2, 0.25) is 5.02 Å². The molecule has 0 saturated carbocycles. The molecule has 0 fully saturated rings. The normalized spacial score (nSPS) is 20.6. The minimum Gasteiger partial charge on any atom is -0.372 e. The molecule has 3 heteroatoms. The van der Waals surface area contributed by atoms with Gasteiger partial charge >= 0.3 is 0 Å². The van der Waals surface area contributed by atoms with Crippen LogP contribution in [0.25, 0.3) is 0 Å². The van der Waals surface area contributed by atoms with Crippen LogP contribution in [0.15, 0.2) is 18.2 Å². The van der Waals surface area contributed by atoms with Gasteiger partial charge in [-0.25, -0.2) is 0 Å². The summed E-state index contributed by atoms with van der Waals surface area (Å²) < 4.78 is 5.68. The molecule has 1 aliphatic rings. The molecule has 1 aliphatic heterocycles. The minimum atomic E-state index is 0.181. The third-order valence-corrected chi connectivity index (χ3v) is 2.77. The van der Waals surface area contributed by atoms with E-state index in [1.807, 2.05) is 19.2 Å². The van der Waals surface area contributed by atoms with Crippen molar-refractivity contribution in [2.24, 2.45) is 0 Å². The van der Waals surface area contributed by atoms with Gasteiger partial charge in [0.2, 0.25) is 0 Å². The van der Waals surface area contributed by atoms with Crippen LogP contribution in [-0.2, 0) is 11.2 Å². The Bertz CT molecular complexity index is 327. The predicted octanol–water partition coefficient (Wildman–Crippen LogP) is 2.17. The van der Waals surface area contributed by atoms with Crippen LogP contribution < -0.4 is 5.32 Å². The number of nitrogens with one attached hydrogen (secondary N) is 1. The predicted molar refractivity (Wildman–Crippen MR) is 57.8 cm³/mol. The summed E-state index contributed by atoms with van der Waals surface area (Å²) in [7, 11) is 1.94. The highest BCUT2D eigenvalue weighted by molar-refractivity contribution is 6.30. The van der Waals surface area contributed by atoms with E-state index in [0.717, 1.165) is 24.6 Å². The second-order valence-corrected chi connectivity index (χ2v) is 3.95. The highest BCUT2D eigenvalue weighted by Crippen LogP contribution is 2.28. The zero-order valence-corrected chi connectivity index (χ0v) is 8.97. The average molecular weight is 212 g/mol. The first-order chi connectivity index (χ1) is 6.81. The molecule has 2 rings (SSSR count). The van der Waals surface area contributed by atoms with Crippen molar-refractivity contribution >= 4 is 11.6 Å². The maximum atomic E-state index is 5.94. The van der Waals surface area contributed by atoms with Gasteiger partial charge in [-0.1, -0.05) is 17.7 Å². The van der Waals surface area contributed by atoms with E-state index in [9.17, 15) is 0 Å². The second kappa shape index (κ2) is 4.30. The Morgan fingerprint density at radius 3 is 3.21 bits per heavy atom. The summed E-state index contributed by atoms with van der Waals surface area (Å²) >= 11 is 5.94. The van der Waals surface area contributed by atoms with Gasteiger partial charge < -0.3 is 10.1 Å². The van der Waals surface area contributed by atoms with E-state index in [4.69, 9.17) is 16.3 Å². The summed E-state index contributed by atoms with van der Waals surface area (Å²) in [6.45, 7) is 1.65. The van der Waals surface area contributed by atoms with Crippen LogP contribution in [0.3, 0.4) is 0 Å². The molecule has 1 N–H and O–H groups in total. The Hall–Kier alpha value is -0.570. The van der Waals surface area contributed by atoms with Crippen molar-refractivity contribution in [2.75, 3.05) is 20.2 Å². The largest absolute Gasteiger partial charge is 0.372 e. The topological polar surface area (TPSA) is 21.3 Å². The first-order valence-corrected chi connectivity index (χ1v) is 5.23. The van der Waals surface area contributed by atoms with Crippen molar-refractivity contribution in [1.82, 2.24) is 5.32 Å². The third kappa shape index (κ3) is 1.92. The Morgan fingerprint density at radius 1 is 1.57 bits per heavy atom. The van der Waals surface area contributed by atoms with E-state index >= 15 is 0 Å². The standard InChI is InChI=1S/C11H14ClNO/c1-13-7-11-10-3-2-9(12)6-8(10)4-5-14-11/h2-3,6,11,13H,4-5,7H2,1H3. The smallest absolute Gasteiger partial charge is 0.0951 e. The summed E-state index contributed by atoms with van der Waals surface area (Å²) in [4.78, 5) is 0. The molecule has 76 valence electrons. The summed E-state index contributed by atoms with van der Waals surface area (Å²) in [5.41, 5.74) is 2.60. The number of fused-ring (bicyclic) bond motifs is 1. The van der Waals surface area contributed by atoms with Crippen molar-refractivity contribution in [2.45, 2.75) is 12.5 Å². The lowest BCUT2D eigenvalue weighted by atomic mass is 9.97. The van der Waals surface area contributed by atoms with Gasteiger partial charge in [0, 0.05) is 11.6 Å². The molecule has 0 radical (unpaired) electrons. The van der Waals surface area contributed by atoms with E-state index in [-0.39, 0.29) is 6.10 Å². The molecule has 0 spiro atoms. The lowest BCUT2D eigenvalue weighted by molar-refractivity contribution is 0.0438. The van der Waals surface area contributed by atoms with Crippen molar-refractivity contribution in [3.63, 3.8) is 0 Å². The SMILES string of the molecule is CNCC1OCCc2cc(Cl)ccc21. The Labute approximate surface area is 89.2 Å². The van der Waals surface area contributed by atoms with Gasteiger partial charge in [-0.2, -0.15) is 0 Å². The van der Waals surface area contributed by atoms with Crippen molar-refractivity contribution < 1.29 is 4.74 Å². The van der Waals surface area contributed by atoms with E-state index in [1.165, 1.54) is 11.1 Å². The van der Waals surface area contributed by atoms with E-state index < -0.39 is 0 Å². The zero-order chi connectivity index (χ0) is 9.97. The lowest BCUT2D eigenvalue weighted by Crippen LogP contribution is -2.25. The maximum Gasteiger partial charge on any atom is 0.0951 e. The molecule has 1 unspecified atom stereocenters. The van der Waals surface area contributed by atoms with E-state index in [1.54, 1.807) is 0 Å². The number of halogens is 1. The van der Waals surface area contributed by atoms with Gasteiger partial charge in [0.25, 0.3) is 0 Å². The number of hydrogen-bond donors (Lipinski definition) is 1. The van der Waals surface area contributed by atoms with Crippen LogP contribution in [-0.4, -0.2) is 20.2 Å². The Balaban J connectivity index is 2.30. The molecule has 14 heavy (non-hydrogen) atoms. The fourth-order valence-electron chi connectivity index (χ4n) is 1.86.